The molecular formula is C12H17BrFNO2. The van der Waals surface area contributed by atoms with Crippen LogP contribution >= 0.6 is 15.9 Å². The van der Waals surface area contributed by atoms with Gasteiger partial charge in [-0.3, -0.25) is 0 Å². The zero-order valence-electron chi connectivity index (χ0n) is 9.84. The van der Waals surface area contributed by atoms with E-state index in [-0.39, 0.29) is 11.6 Å². The second kappa shape index (κ2) is 8.44. The van der Waals surface area contributed by atoms with E-state index in [4.69, 9.17) is 9.47 Å². The second-order valence-corrected chi connectivity index (χ2v) is 4.44. The first kappa shape index (κ1) is 14.4. The van der Waals surface area contributed by atoms with Crippen molar-refractivity contribution >= 4 is 15.9 Å². The minimum atomic E-state index is -0.340. The molecule has 0 bridgehead atoms. The van der Waals surface area contributed by atoms with Crippen molar-refractivity contribution in [1.29, 1.82) is 0 Å². The number of hydrogen-bond acceptors (Lipinski definition) is 3. The fourth-order valence-electron chi connectivity index (χ4n) is 1.29. The van der Waals surface area contributed by atoms with Crippen molar-refractivity contribution in [3.05, 3.63) is 28.5 Å². The van der Waals surface area contributed by atoms with Gasteiger partial charge >= 0.3 is 0 Å². The van der Waals surface area contributed by atoms with Crippen molar-refractivity contribution < 1.29 is 13.9 Å². The summed E-state index contributed by atoms with van der Waals surface area (Å²) in [4.78, 5) is 0. The summed E-state index contributed by atoms with van der Waals surface area (Å²) in [5.41, 5.74) is 0. The molecule has 1 aromatic carbocycles. The third-order valence-corrected chi connectivity index (χ3v) is 2.62. The maximum absolute atomic E-state index is 13.3. The summed E-state index contributed by atoms with van der Waals surface area (Å²) in [5, 5.41) is 3.19. The van der Waals surface area contributed by atoms with Crippen LogP contribution in [0.25, 0.3) is 0 Å². The van der Waals surface area contributed by atoms with Crippen LogP contribution in [0.15, 0.2) is 22.7 Å². The molecule has 0 saturated heterocycles. The Hall–Kier alpha value is -0.650. The van der Waals surface area contributed by atoms with Crippen LogP contribution < -0.4 is 10.1 Å². The number of benzene rings is 1. The molecule has 0 fully saturated rings. The van der Waals surface area contributed by atoms with Crippen LogP contribution in [-0.2, 0) is 4.74 Å². The Morgan fingerprint density at radius 3 is 2.88 bits per heavy atom. The lowest BCUT2D eigenvalue weighted by Gasteiger charge is -2.08. The molecule has 5 heteroatoms. The van der Waals surface area contributed by atoms with Crippen molar-refractivity contribution in [2.75, 3.05) is 33.4 Å². The van der Waals surface area contributed by atoms with Gasteiger partial charge in [-0.05, 0) is 31.2 Å². The Bertz CT molecular complexity index is 336. The highest BCUT2D eigenvalue weighted by molar-refractivity contribution is 9.10. The summed E-state index contributed by atoms with van der Waals surface area (Å²) in [5.74, 6) is -0.0642. The molecule has 0 unspecified atom stereocenters. The van der Waals surface area contributed by atoms with E-state index in [2.05, 4.69) is 21.2 Å². The van der Waals surface area contributed by atoms with E-state index < -0.39 is 0 Å². The molecule has 1 aromatic rings. The van der Waals surface area contributed by atoms with Crippen LogP contribution in [0.2, 0.25) is 0 Å². The quantitative estimate of drug-likeness (QED) is 0.749. The first-order chi connectivity index (χ1) is 8.24. The highest BCUT2D eigenvalue weighted by atomic mass is 79.9. The van der Waals surface area contributed by atoms with Gasteiger partial charge in [-0.1, -0.05) is 15.9 Å². The fourth-order valence-corrected chi connectivity index (χ4v) is 1.63. The number of halogens is 2. The van der Waals surface area contributed by atoms with Crippen molar-refractivity contribution in [3.63, 3.8) is 0 Å². The third-order valence-electron chi connectivity index (χ3n) is 2.13. The molecular weight excluding hydrogens is 289 g/mol. The zero-order valence-corrected chi connectivity index (χ0v) is 11.4. The Morgan fingerprint density at radius 1 is 1.29 bits per heavy atom. The third kappa shape index (κ3) is 6.00. The molecule has 0 saturated carbocycles. The van der Waals surface area contributed by atoms with Crippen molar-refractivity contribution in [1.82, 2.24) is 5.32 Å². The molecule has 0 spiro atoms. The Balaban J connectivity index is 2.15. The number of rotatable bonds is 8. The van der Waals surface area contributed by atoms with Crippen LogP contribution in [0.1, 0.15) is 6.42 Å². The van der Waals surface area contributed by atoms with E-state index in [1.165, 1.54) is 6.07 Å². The molecule has 3 nitrogen and oxygen atoms in total. The largest absolute Gasteiger partial charge is 0.489 e. The molecule has 0 heterocycles. The molecule has 0 radical (unpaired) electrons. The van der Waals surface area contributed by atoms with Gasteiger partial charge in [-0.15, -0.1) is 0 Å². The van der Waals surface area contributed by atoms with Crippen molar-refractivity contribution in [2.45, 2.75) is 6.42 Å². The number of nitrogens with one attached hydrogen (secondary N) is 1. The van der Waals surface area contributed by atoms with Gasteiger partial charge < -0.3 is 14.8 Å². The highest BCUT2D eigenvalue weighted by Crippen LogP contribution is 2.21. The zero-order chi connectivity index (χ0) is 12.5. The van der Waals surface area contributed by atoms with Crippen molar-refractivity contribution in [2.24, 2.45) is 0 Å². The van der Waals surface area contributed by atoms with Crippen LogP contribution in [0.3, 0.4) is 0 Å². The first-order valence-corrected chi connectivity index (χ1v) is 6.31. The van der Waals surface area contributed by atoms with Gasteiger partial charge in [0.2, 0.25) is 0 Å². The average Bonchev–Trinajstić information content (AvgIpc) is 2.32. The summed E-state index contributed by atoms with van der Waals surface area (Å²) in [6.45, 7) is 2.75. The summed E-state index contributed by atoms with van der Waals surface area (Å²) in [6, 6.07) is 4.65. The van der Waals surface area contributed by atoms with E-state index in [9.17, 15) is 4.39 Å². The van der Waals surface area contributed by atoms with Gasteiger partial charge in [0.15, 0.2) is 11.6 Å². The molecule has 0 amide bonds. The maximum Gasteiger partial charge on any atom is 0.165 e. The SMILES string of the molecule is COCCCNCCOc1cc(Br)ccc1F. The predicted octanol–water partition coefficient (Wildman–Crippen LogP) is 2.59. The number of methoxy groups -OCH3 is 1. The second-order valence-electron chi connectivity index (χ2n) is 3.52. The molecule has 96 valence electrons. The van der Waals surface area contributed by atoms with Gasteiger partial charge in [-0.2, -0.15) is 0 Å². The van der Waals surface area contributed by atoms with Gasteiger partial charge in [0, 0.05) is 24.7 Å². The van der Waals surface area contributed by atoms with Gasteiger partial charge in [0.25, 0.3) is 0 Å². The lowest BCUT2D eigenvalue weighted by Crippen LogP contribution is -2.23. The molecule has 0 aliphatic heterocycles. The molecule has 0 aliphatic rings. The molecule has 0 atom stereocenters. The van der Waals surface area contributed by atoms with E-state index >= 15 is 0 Å². The van der Waals surface area contributed by atoms with Crippen LogP contribution in [0, 0.1) is 5.82 Å². The monoisotopic (exact) mass is 305 g/mol. The Morgan fingerprint density at radius 2 is 2.12 bits per heavy atom. The minimum absolute atomic E-state index is 0.276. The lowest BCUT2D eigenvalue weighted by atomic mass is 10.3. The molecule has 0 aliphatic carbocycles. The van der Waals surface area contributed by atoms with Crippen molar-refractivity contribution in [3.8, 4) is 5.75 Å². The minimum Gasteiger partial charge on any atom is -0.489 e. The van der Waals surface area contributed by atoms with E-state index in [1.54, 1.807) is 19.2 Å². The van der Waals surface area contributed by atoms with Gasteiger partial charge in [-0.25, -0.2) is 4.39 Å². The number of hydrogen-bond donors (Lipinski definition) is 1. The Labute approximate surface area is 109 Å². The highest BCUT2D eigenvalue weighted by Gasteiger charge is 2.03. The maximum atomic E-state index is 13.3. The van der Waals surface area contributed by atoms with Gasteiger partial charge in [0.1, 0.15) is 6.61 Å². The van der Waals surface area contributed by atoms with E-state index in [0.29, 0.717) is 13.2 Å². The summed E-state index contributed by atoms with van der Waals surface area (Å²) in [7, 11) is 1.68. The van der Waals surface area contributed by atoms with Gasteiger partial charge in [0.05, 0.1) is 0 Å². The van der Waals surface area contributed by atoms with E-state index in [0.717, 1.165) is 24.0 Å². The normalized spacial score (nSPS) is 10.5. The molecule has 17 heavy (non-hydrogen) atoms. The topological polar surface area (TPSA) is 30.5 Å². The molecule has 0 aromatic heterocycles. The predicted molar refractivity (Wildman–Crippen MR) is 69.0 cm³/mol. The van der Waals surface area contributed by atoms with Crippen LogP contribution in [-0.4, -0.2) is 33.4 Å². The summed E-state index contributed by atoms with van der Waals surface area (Å²) < 4.78 is 24.3. The van der Waals surface area contributed by atoms with E-state index in [1.807, 2.05) is 0 Å². The number of ether oxygens (including phenoxy) is 2. The Kier molecular flexibility index (Phi) is 7.16. The smallest absolute Gasteiger partial charge is 0.165 e. The van der Waals surface area contributed by atoms with Crippen LogP contribution in [0.4, 0.5) is 4.39 Å². The lowest BCUT2D eigenvalue weighted by molar-refractivity contribution is 0.193. The summed E-state index contributed by atoms with van der Waals surface area (Å²) >= 11 is 3.27. The molecule has 1 rings (SSSR count). The van der Waals surface area contributed by atoms with Crippen LogP contribution in [0.5, 0.6) is 5.75 Å². The summed E-state index contributed by atoms with van der Waals surface area (Å²) in [6.07, 6.45) is 0.960. The average molecular weight is 306 g/mol. The molecule has 1 N–H and O–H groups in total. The standard InChI is InChI=1S/C12H17BrFNO2/c1-16-7-2-5-15-6-8-17-12-9-10(13)3-4-11(12)14/h3-4,9,15H,2,5-8H2,1H3. The first-order valence-electron chi connectivity index (χ1n) is 5.51. The fraction of sp³-hybridized carbons (Fsp3) is 0.500.